The summed E-state index contributed by atoms with van der Waals surface area (Å²) in [5.41, 5.74) is 0.900. The highest BCUT2D eigenvalue weighted by Crippen LogP contribution is 2.40. The Morgan fingerprint density at radius 2 is 2.11 bits per heavy atom. The van der Waals surface area contributed by atoms with Crippen molar-refractivity contribution in [1.29, 1.82) is 0 Å². The van der Waals surface area contributed by atoms with Crippen LogP contribution in [0.15, 0.2) is 22.7 Å². The van der Waals surface area contributed by atoms with Crippen LogP contribution in [-0.4, -0.2) is 49.5 Å². The third-order valence-corrected chi connectivity index (χ3v) is 5.73. The Morgan fingerprint density at radius 3 is 2.75 bits per heavy atom. The van der Waals surface area contributed by atoms with Crippen molar-refractivity contribution >= 4 is 32.6 Å². The molecule has 3 aromatic rings. The van der Waals surface area contributed by atoms with Crippen LogP contribution in [0.2, 0.25) is 0 Å². The minimum absolute atomic E-state index is 0.0345. The zero-order chi connectivity index (χ0) is 19.7. The molecular weight excluding hydrogens is 382 g/mol. The second-order valence-electron chi connectivity index (χ2n) is 6.52. The fraction of sp³-hybridized carbons (Fsp3) is 0.421. The normalized spacial score (nSPS) is 16.5. The summed E-state index contributed by atoms with van der Waals surface area (Å²) >= 11 is 1.37. The molecule has 0 spiro atoms. The van der Waals surface area contributed by atoms with Crippen molar-refractivity contribution in [2.24, 2.45) is 0 Å². The SMILES string of the molecule is COc1ccc(OC)c2sc(N(CC3CCCO3)C(=O)c3cc(C)on3)nc12. The molecule has 1 aliphatic heterocycles. The van der Waals surface area contributed by atoms with Gasteiger partial charge in [-0.2, -0.15) is 0 Å². The monoisotopic (exact) mass is 403 g/mol. The van der Waals surface area contributed by atoms with Crippen molar-refractivity contribution in [3.8, 4) is 11.5 Å². The van der Waals surface area contributed by atoms with E-state index < -0.39 is 0 Å². The highest BCUT2D eigenvalue weighted by molar-refractivity contribution is 7.22. The lowest BCUT2D eigenvalue weighted by Gasteiger charge is -2.21. The Labute approximate surface area is 166 Å². The van der Waals surface area contributed by atoms with Gasteiger partial charge in [0.05, 0.1) is 26.9 Å². The number of carbonyl (C=O) groups excluding carboxylic acids is 1. The van der Waals surface area contributed by atoms with E-state index in [1.807, 2.05) is 6.07 Å². The summed E-state index contributed by atoms with van der Waals surface area (Å²) < 4.78 is 22.6. The van der Waals surface area contributed by atoms with Crippen molar-refractivity contribution in [1.82, 2.24) is 10.1 Å². The van der Waals surface area contributed by atoms with Crippen molar-refractivity contribution in [3.05, 3.63) is 29.7 Å². The molecule has 0 radical (unpaired) electrons. The molecule has 1 atom stereocenters. The van der Waals surface area contributed by atoms with E-state index in [0.29, 0.717) is 41.1 Å². The Bertz CT molecular complexity index is 952. The molecule has 0 aliphatic carbocycles. The van der Waals surface area contributed by atoms with Gasteiger partial charge in [-0.3, -0.25) is 9.69 Å². The minimum atomic E-state index is -0.274. The number of thiazole rings is 1. The second-order valence-corrected chi connectivity index (χ2v) is 7.50. The largest absolute Gasteiger partial charge is 0.495 e. The lowest BCUT2D eigenvalue weighted by Crippen LogP contribution is -2.37. The predicted molar refractivity (Wildman–Crippen MR) is 105 cm³/mol. The number of amides is 1. The van der Waals surface area contributed by atoms with Crippen molar-refractivity contribution in [2.75, 3.05) is 32.3 Å². The van der Waals surface area contributed by atoms with E-state index in [9.17, 15) is 4.79 Å². The lowest BCUT2D eigenvalue weighted by molar-refractivity contribution is 0.0910. The topological polar surface area (TPSA) is 86.9 Å². The number of hydrogen-bond acceptors (Lipinski definition) is 8. The van der Waals surface area contributed by atoms with E-state index in [2.05, 4.69) is 5.16 Å². The molecule has 1 unspecified atom stereocenters. The third-order valence-electron chi connectivity index (χ3n) is 4.63. The zero-order valence-corrected chi connectivity index (χ0v) is 16.7. The summed E-state index contributed by atoms with van der Waals surface area (Å²) in [5, 5.41) is 4.42. The van der Waals surface area contributed by atoms with Crippen LogP contribution in [0.4, 0.5) is 5.13 Å². The molecular formula is C19H21N3O5S. The van der Waals surface area contributed by atoms with Gasteiger partial charge >= 0.3 is 0 Å². The van der Waals surface area contributed by atoms with Crippen LogP contribution >= 0.6 is 11.3 Å². The van der Waals surface area contributed by atoms with Gasteiger partial charge in [-0.1, -0.05) is 16.5 Å². The lowest BCUT2D eigenvalue weighted by atomic mass is 10.2. The predicted octanol–water partition coefficient (Wildman–Crippen LogP) is 3.44. The number of carbonyl (C=O) groups is 1. The van der Waals surface area contributed by atoms with Crippen molar-refractivity contribution in [2.45, 2.75) is 25.9 Å². The first-order valence-electron chi connectivity index (χ1n) is 8.99. The Morgan fingerprint density at radius 1 is 1.32 bits per heavy atom. The molecule has 0 saturated carbocycles. The number of nitrogens with zero attached hydrogens (tertiary/aromatic N) is 3. The third kappa shape index (κ3) is 3.43. The number of aryl methyl sites for hydroxylation is 1. The molecule has 1 saturated heterocycles. The van der Waals surface area contributed by atoms with E-state index >= 15 is 0 Å². The van der Waals surface area contributed by atoms with Gasteiger partial charge in [-0.25, -0.2) is 4.98 Å². The van der Waals surface area contributed by atoms with Gasteiger partial charge in [0.1, 0.15) is 27.5 Å². The molecule has 1 amide bonds. The quantitative estimate of drug-likeness (QED) is 0.623. The van der Waals surface area contributed by atoms with Crippen LogP contribution in [0.3, 0.4) is 0 Å². The van der Waals surface area contributed by atoms with Crippen LogP contribution in [-0.2, 0) is 4.74 Å². The number of benzene rings is 1. The Hall–Kier alpha value is -2.65. The summed E-state index contributed by atoms with van der Waals surface area (Å²) in [4.78, 5) is 19.5. The molecule has 9 heteroatoms. The average Bonchev–Trinajstić information content (AvgIpc) is 3.45. The molecule has 1 aliphatic rings. The van der Waals surface area contributed by atoms with Gasteiger partial charge < -0.3 is 18.7 Å². The van der Waals surface area contributed by atoms with E-state index in [-0.39, 0.29) is 17.7 Å². The fourth-order valence-electron chi connectivity index (χ4n) is 3.24. The zero-order valence-electron chi connectivity index (χ0n) is 15.9. The number of ether oxygens (including phenoxy) is 3. The Kier molecular flexibility index (Phi) is 5.19. The number of rotatable bonds is 6. The molecule has 3 heterocycles. The summed E-state index contributed by atoms with van der Waals surface area (Å²) in [6.07, 6.45) is 1.85. The molecule has 0 bridgehead atoms. The van der Waals surface area contributed by atoms with Gasteiger partial charge in [-0.05, 0) is 31.9 Å². The maximum Gasteiger partial charge on any atom is 0.282 e. The first kappa shape index (κ1) is 18.7. The summed E-state index contributed by atoms with van der Waals surface area (Å²) in [6, 6.07) is 5.26. The van der Waals surface area contributed by atoms with Crippen LogP contribution in [0.5, 0.6) is 11.5 Å². The number of fused-ring (bicyclic) bond motifs is 1. The van der Waals surface area contributed by atoms with Crippen LogP contribution in [0.25, 0.3) is 10.2 Å². The first-order valence-corrected chi connectivity index (χ1v) is 9.80. The van der Waals surface area contributed by atoms with Gasteiger partial charge in [-0.15, -0.1) is 0 Å². The molecule has 2 aromatic heterocycles. The number of hydrogen-bond donors (Lipinski definition) is 0. The van der Waals surface area contributed by atoms with Crippen molar-refractivity contribution in [3.63, 3.8) is 0 Å². The highest BCUT2D eigenvalue weighted by Gasteiger charge is 2.29. The van der Waals surface area contributed by atoms with Gasteiger partial charge in [0.15, 0.2) is 10.8 Å². The van der Waals surface area contributed by atoms with E-state index in [1.165, 1.54) is 11.3 Å². The average molecular weight is 403 g/mol. The van der Waals surface area contributed by atoms with Gasteiger partial charge in [0.25, 0.3) is 5.91 Å². The summed E-state index contributed by atoms with van der Waals surface area (Å²) in [7, 11) is 3.20. The molecule has 0 N–H and O–H groups in total. The van der Waals surface area contributed by atoms with E-state index in [0.717, 1.165) is 17.5 Å². The van der Waals surface area contributed by atoms with E-state index in [1.54, 1.807) is 38.2 Å². The van der Waals surface area contributed by atoms with E-state index in [4.69, 9.17) is 23.7 Å². The Balaban J connectivity index is 1.77. The smallest absolute Gasteiger partial charge is 0.282 e. The maximum atomic E-state index is 13.2. The number of methoxy groups -OCH3 is 2. The van der Waals surface area contributed by atoms with Crippen LogP contribution in [0, 0.1) is 6.92 Å². The molecule has 148 valence electrons. The van der Waals surface area contributed by atoms with Crippen LogP contribution < -0.4 is 14.4 Å². The van der Waals surface area contributed by atoms with Gasteiger partial charge in [0.2, 0.25) is 0 Å². The summed E-state index contributed by atoms with van der Waals surface area (Å²) in [6.45, 7) is 2.86. The highest BCUT2D eigenvalue weighted by atomic mass is 32.1. The second kappa shape index (κ2) is 7.76. The molecule has 1 aromatic carbocycles. The number of aromatic nitrogens is 2. The number of anilines is 1. The van der Waals surface area contributed by atoms with Gasteiger partial charge in [0, 0.05) is 12.7 Å². The van der Waals surface area contributed by atoms with Crippen molar-refractivity contribution < 1.29 is 23.5 Å². The summed E-state index contributed by atoms with van der Waals surface area (Å²) in [5.74, 6) is 1.61. The van der Waals surface area contributed by atoms with Crippen LogP contribution in [0.1, 0.15) is 29.1 Å². The fourth-order valence-corrected chi connectivity index (χ4v) is 4.32. The maximum absolute atomic E-state index is 13.2. The first-order chi connectivity index (χ1) is 13.6. The molecule has 1 fully saturated rings. The molecule has 8 nitrogen and oxygen atoms in total. The standard InChI is InChI=1S/C19H21N3O5S/c1-11-9-13(21-27-11)18(23)22(10-12-5-4-8-26-12)19-20-16-14(24-2)6-7-15(25-3)17(16)28-19/h6-7,9,12H,4-5,8,10H2,1-3H3. The molecule has 28 heavy (non-hydrogen) atoms. The molecule has 4 rings (SSSR count). The minimum Gasteiger partial charge on any atom is -0.495 e.